The number of hydrogen-bond donors (Lipinski definition) is 1. The van der Waals surface area contributed by atoms with Gasteiger partial charge in [0.2, 0.25) is 5.91 Å². The molecule has 1 amide bonds. The zero-order valence-electron chi connectivity index (χ0n) is 15.2. The van der Waals surface area contributed by atoms with Gasteiger partial charge in [0.15, 0.2) is 0 Å². The van der Waals surface area contributed by atoms with E-state index >= 15 is 0 Å². The third-order valence-corrected chi connectivity index (χ3v) is 4.18. The Morgan fingerprint density at radius 3 is 2.52 bits per heavy atom. The number of halogens is 3. The van der Waals surface area contributed by atoms with E-state index in [1.54, 1.807) is 0 Å². The molecule has 0 fully saturated rings. The molecule has 0 aliphatic rings. The Hall–Kier alpha value is -2.77. The normalized spacial score (nSPS) is 11.3. The van der Waals surface area contributed by atoms with Crippen LogP contribution < -0.4 is 15.8 Å². The van der Waals surface area contributed by atoms with Gasteiger partial charge in [-0.1, -0.05) is 18.2 Å². The van der Waals surface area contributed by atoms with Gasteiger partial charge < -0.3 is 14.8 Å². The largest absolute Gasteiger partial charge is 0.421 e. The van der Waals surface area contributed by atoms with Crippen LogP contribution in [0.25, 0.3) is 0 Å². The van der Waals surface area contributed by atoms with Crippen LogP contribution in [0, 0.1) is 6.92 Å². The lowest BCUT2D eigenvalue weighted by Gasteiger charge is -2.25. The van der Waals surface area contributed by atoms with Crippen LogP contribution in [0.4, 0.5) is 18.9 Å². The summed E-state index contributed by atoms with van der Waals surface area (Å²) in [7, 11) is 0. The van der Waals surface area contributed by atoms with Gasteiger partial charge >= 0.3 is 6.18 Å². The van der Waals surface area contributed by atoms with Crippen molar-refractivity contribution in [2.45, 2.75) is 26.6 Å². The summed E-state index contributed by atoms with van der Waals surface area (Å²) in [5.41, 5.74) is -0.339. The fourth-order valence-corrected chi connectivity index (χ4v) is 2.79. The van der Waals surface area contributed by atoms with Crippen LogP contribution in [0.1, 0.15) is 18.1 Å². The van der Waals surface area contributed by atoms with E-state index in [9.17, 15) is 22.8 Å². The molecule has 2 rings (SSSR count). The van der Waals surface area contributed by atoms with Crippen molar-refractivity contribution in [3.05, 3.63) is 64.1 Å². The van der Waals surface area contributed by atoms with Crippen molar-refractivity contribution in [3.8, 4) is 0 Å². The van der Waals surface area contributed by atoms with Crippen molar-refractivity contribution in [1.29, 1.82) is 0 Å². The first-order valence-electron chi connectivity index (χ1n) is 8.58. The van der Waals surface area contributed by atoms with Crippen LogP contribution in [0.2, 0.25) is 0 Å². The third kappa shape index (κ3) is 5.35. The van der Waals surface area contributed by atoms with E-state index in [-0.39, 0.29) is 0 Å². The predicted octanol–water partition coefficient (Wildman–Crippen LogP) is 2.82. The number of carbonyl (C=O) groups excluding carboxylic acids is 1. The monoisotopic (exact) mass is 381 g/mol. The van der Waals surface area contributed by atoms with Gasteiger partial charge in [-0.25, -0.2) is 0 Å². The highest BCUT2D eigenvalue weighted by Gasteiger charge is 2.34. The van der Waals surface area contributed by atoms with E-state index in [2.05, 4.69) is 10.2 Å². The van der Waals surface area contributed by atoms with Crippen molar-refractivity contribution < 1.29 is 18.0 Å². The first-order valence-corrected chi connectivity index (χ1v) is 8.58. The number of hydrogen-bond acceptors (Lipinski definition) is 3. The molecule has 0 unspecified atom stereocenters. The second-order valence-electron chi connectivity index (χ2n) is 6.07. The van der Waals surface area contributed by atoms with Gasteiger partial charge in [0.1, 0.15) is 12.1 Å². The summed E-state index contributed by atoms with van der Waals surface area (Å²) in [6, 6.07) is 9.68. The van der Waals surface area contributed by atoms with Gasteiger partial charge in [0.25, 0.3) is 5.56 Å². The van der Waals surface area contributed by atoms with Crippen molar-refractivity contribution in [1.82, 2.24) is 9.88 Å². The van der Waals surface area contributed by atoms with E-state index in [1.807, 2.05) is 38.1 Å². The maximum absolute atomic E-state index is 12.8. The zero-order chi connectivity index (χ0) is 20.0. The number of alkyl halides is 3. The molecule has 0 saturated carbocycles. The van der Waals surface area contributed by atoms with E-state index in [0.717, 1.165) is 28.4 Å². The Morgan fingerprint density at radius 1 is 1.19 bits per heavy atom. The summed E-state index contributed by atoms with van der Waals surface area (Å²) in [6.45, 7) is 5.14. The molecule has 0 atom stereocenters. The van der Waals surface area contributed by atoms with Crippen molar-refractivity contribution >= 4 is 11.6 Å². The number of aromatic nitrogens is 1. The number of nitrogens with zero attached hydrogens (tertiary/aromatic N) is 2. The first-order chi connectivity index (χ1) is 12.7. The highest BCUT2D eigenvalue weighted by atomic mass is 19.4. The van der Waals surface area contributed by atoms with Crippen LogP contribution in [0.3, 0.4) is 0 Å². The Morgan fingerprint density at radius 2 is 1.89 bits per heavy atom. The van der Waals surface area contributed by atoms with Gasteiger partial charge in [0.05, 0.1) is 0 Å². The van der Waals surface area contributed by atoms with Gasteiger partial charge in [-0.2, -0.15) is 13.2 Å². The van der Waals surface area contributed by atoms with Crippen molar-refractivity contribution in [3.63, 3.8) is 0 Å². The number of benzene rings is 1. The molecule has 0 spiro atoms. The van der Waals surface area contributed by atoms with Crippen LogP contribution in [-0.4, -0.2) is 30.1 Å². The number of anilines is 1. The summed E-state index contributed by atoms with van der Waals surface area (Å²) in [5, 5.41) is 2.65. The lowest BCUT2D eigenvalue weighted by atomic mass is 10.2. The summed E-state index contributed by atoms with van der Waals surface area (Å²) < 4.78 is 39.1. The number of aryl methyl sites for hydroxylation is 1. The molecule has 0 bridgehead atoms. The van der Waals surface area contributed by atoms with Crippen LogP contribution >= 0.6 is 0 Å². The summed E-state index contributed by atoms with van der Waals surface area (Å²) in [5.74, 6) is -0.516. The van der Waals surface area contributed by atoms with Crippen LogP contribution in [0.15, 0.2) is 47.4 Å². The highest BCUT2D eigenvalue weighted by Crippen LogP contribution is 2.25. The molecule has 0 saturated heterocycles. The van der Waals surface area contributed by atoms with E-state index in [1.165, 1.54) is 6.20 Å². The summed E-state index contributed by atoms with van der Waals surface area (Å²) in [4.78, 5) is 26.0. The Labute approximate surface area is 155 Å². The van der Waals surface area contributed by atoms with E-state index in [4.69, 9.17) is 0 Å². The first kappa shape index (κ1) is 20.5. The molecular weight excluding hydrogens is 359 g/mol. The fraction of sp³-hybridized carbons (Fsp3) is 0.368. The smallest absolute Gasteiger partial charge is 0.370 e. The topological polar surface area (TPSA) is 54.3 Å². The molecule has 27 heavy (non-hydrogen) atoms. The Kier molecular flexibility index (Phi) is 6.65. The minimum absolute atomic E-state index is 0.314. The molecule has 1 N–H and O–H groups in total. The SMILES string of the molecule is CCN(CCNC(=O)Cn1cccc(C(F)(F)F)c1=O)c1ccccc1C. The molecule has 0 aliphatic carbocycles. The number of likely N-dealkylation sites (N-methyl/N-ethyl adjacent to an activating group) is 1. The maximum Gasteiger partial charge on any atom is 0.421 e. The van der Waals surface area contributed by atoms with Crippen molar-refractivity contribution in [2.75, 3.05) is 24.5 Å². The molecule has 8 heteroatoms. The lowest BCUT2D eigenvalue weighted by molar-refractivity contribution is -0.139. The molecule has 5 nitrogen and oxygen atoms in total. The zero-order valence-corrected chi connectivity index (χ0v) is 15.2. The standard InChI is InChI=1S/C19H22F3N3O2/c1-3-24(16-9-5-4-7-14(16)2)12-10-23-17(26)13-25-11-6-8-15(18(25)27)19(20,21)22/h4-9,11H,3,10,12-13H2,1-2H3,(H,23,26). The molecule has 0 radical (unpaired) electrons. The van der Waals surface area contributed by atoms with Crippen molar-refractivity contribution in [2.24, 2.45) is 0 Å². The average molecular weight is 381 g/mol. The van der Waals surface area contributed by atoms with Gasteiger partial charge in [-0.15, -0.1) is 0 Å². The molecule has 1 heterocycles. The second-order valence-corrected chi connectivity index (χ2v) is 6.07. The van der Waals surface area contributed by atoms with E-state index < -0.39 is 29.8 Å². The number of pyridine rings is 1. The summed E-state index contributed by atoms with van der Waals surface area (Å²) in [6.07, 6.45) is -3.57. The molecule has 1 aromatic heterocycles. The summed E-state index contributed by atoms with van der Waals surface area (Å²) >= 11 is 0. The Balaban J connectivity index is 1.95. The molecule has 1 aromatic carbocycles. The Bertz CT molecular complexity index is 847. The van der Waals surface area contributed by atoms with Crippen LogP contribution in [0.5, 0.6) is 0 Å². The predicted molar refractivity (Wildman–Crippen MR) is 97.8 cm³/mol. The van der Waals surface area contributed by atoms with Gasteiger partial charge in [-0.05, 0) is 37.6 Å². The number of para-hydroxylation sites is 1. The number of carbonyl (C=O) groups is 1. The number of rotatable bonds is 7. The number of amides is 1. The molecular formula is C19H22F3N3O2. The minimum Gasteiger partial charge on any atom is -0.370 e. The molecule has 146 valence electrons. The minimum atomic E-state index is -4.74. The van der Waals surface area contributed by atoms with Gasteiger partial charge in [-0.3, -0.25) is 9.59 Å². The quantitative estimate of drug-likeness (QED) is 0.803. The average Bonchev–Trinajstić information content (AvgIpc) is 2.60. The number of nitrogens with one attached hydrogen (secondary N) is 1. The maximum atomic E-state index is 12.8. The lowest BCUT2D eigenvalue weighted by Crippen LogP contribution is -2.38. The fourth-order valence-electron chi connectivity index (χ4n) is 2.79. The highest BCUT2D eigenvalue weighted by molar-refractivity contribution is 5.75. The molecule has 0 aliphatic heterocycles. The van der Waals surface area contributed by atoms with E-state index in [0.29, 0.717) is 19.2 Å². The third-order valence-electron chi connectivity index (χ3n) is 4.18. The second kappa shape index (κ2) is 8.75. The van der Waals surface area contributed by atoms with Crippen LogP contribution in [-0.2, 0) is 17.5 Å². The molecule has 2 aromatic rings. The van der Waals surface area contributed by atoms with Gasteiger partial charge in [0, 0.05) is 31.5 Å².